The minimum absolute atomic E-state index is 0.0559. The number of rotatable bonds is 9. The van der Waals surface area contributed by atoms with Crippen molar-refractivity contribution in [1.29, 1.82) is 0 Å². The zero-order valence-electron chi connectivity index (χ0n) is 9.31. The number of halogens is 2. The normalized spacial score (nSPS) is 12.5. The van der Waals surface area contributed by atoms with Gasteiger partial charge in [-0.2, -0.15) is 0 Å². The van der Waals surface area contributed by atoms with Crippen molar-refractivity contribution in [2.75, 3.05) is 6.07 Å². The van der Waals surface area contributed by atoms with Gasteiger partial charge in [0, 0.05) is 11.8 Å². The SMILES string of the molecule is CCCCCC(Cl)CCCC(=O)OCCl. The van der Waals surface area contributed by atoms with E-state index in [1.54, 1.807) is 0 Å². The molecule has 15 heavy (non-hydrogen) atoms. The highest BCUT2D eigenvalue weighted by molar-refractivity contribution is 6.20. The summed E-state index contributed by atoms with van der Waals surface area (Å²) < 4.78 is 4.61. The molecule has 1 unspecified atom stereocenters. The largest absolute Gasteiger partial charge is 0.449 e. The summed E-state index contributed by atoms with van der Waals surface area (Å²) in [4.78, 5) is 10.9. The Balaban J connectivity index is 3.30. The quantitative estimate of drug-likeness (QED) is 0.352. The van der Waals surface area contributed by atoms with Crippen LogP contribution in [0.5, 0.6) is 0 Å². The van der Waals surface area contributed by atoms with Crippen LogP contribution in [0.25, 0.3) is 0 Å². The van der Waals surface area contributed by atoms with Gasteiger partial charge < -0.3 is 4.74 Å². The van der Waals surface area contributed by atoms with Crippen LogP contribution in [0.15, 0.2) is 0 Å². The fourth-order valence-electron chi connectivity index (χ4n) is 1.36. The van der Waals surface area contributed by atoms with Gasteiger partial charge in [0.15, 0.2) is 6.07 Å². The monoisotopic (exact) mass is 254 g/mol. The maximum Gasteiger partial charge on any atom is 0.306 e. The molecule has 0 aromatic heterocycles. The Labute approximate surface area is 102 Å². The first-order valence-corrected chi connectivity index (χ1v) is 6.53. The first-order valence-electron chi connectivity index (χ1n) is 5.56. The highest BCUT2D eigenvalue weighted by Crippen LogP contribution is 2.15. The number of esters is 1. The predicted molar refractivity (Wildman–Crippen MR) is 64.4 cm³/mol. The van der Waals surface area contributed by atoms with Crippen molar-refractivity contribution in [3.05, 3.63) is 0 Å². The Morgan fingerprint density at radius 2 is 1.93 bits per heavy atom. The van der Waals surface area contributed by atoms with E-state index in [2.05, 4.69) is 11.7 Å². The van der Waals surface area contributed by atoms with Crippen molar-refractivity contribution in [3.8, 4) is 0 Å². The second-order valence-electron chi connectivity index (χ2n) is 3.61. The summed E-state index contributed by atoms with van der Waals surface area (Å²) in [5, 5.41) is 0.195. The van der Waals surface area contributed by atoms with Crippen molar-refractivity contribution in [1.82, 2.24) is 0 Å². The van der Waals surface area contributed by atoms with Crippen LogP contribution in [0.1, 0.15) is 51.9 Å². The van der Waals surface area contributed by atoms with Gasteiger partial charge in [-0.25, -0.2) is 0 Å². The molecule has 0 aromatic carbocycles. The molecule has 0 aliphatic carbocycles. The number of hydrogen-bond acceptors (Lipinski definition) is 2. The average molecular weight is 255 g/mol. The van der Waals surface area contributed by atoms with Crippen LogP contribution in [0, 0.1) is 0 Å². The first-order chi connectivity index (χ1) is 7.20. The van der Waals surface area contributed by atoms with Gasteiger partial charge in [0.2, 0.25) is 0 Å². The van der Waals surface area contributed by atoms with Gasteiger partial charge in [0.05, 0.1) is 0 Å². The molecule has 0 saturated carbocycles. The molecule has 0 bridgehead atoms. The maximum atomic E-state index is 10.9. The van der Waals surface area contributed by atoms with Gasteiger partial charge in [-0.15, -0.1) is 11.6 Å². The number of unbranched alkanes of at least 4 members (excludes halogenated alkanes) is 2. The highest BCUT2D eigenvalue weighted by atomic mass is 35.5. The van der Waals surface area contributed by atoms with E-state index in [1.807, 2.05) is 0 Å². The van der Waals surface area contributed by atoms with Crippen molar-refractivity contribution in [2.45, 2.75) is 57.2 Å². The Morgan fingerprint density at radius 1 is 1.27 bits per heavy atom. The fraction of sp³-hybridized carbons (Fsp3) is 0.909. The molecule has 0 amide bonds. The van der Waals surface area contributed by atoms with Gasteiger partial charge in [0.1, 0.15) is 0 Å². The molecule has 0 spiro atoms. The predicted octanol–water partition coefficient (Wildman–Crippen LogP) is 4.08. The van der Waals surface area contributed by atoms with Crippen LogP contribution in [-0.2, 0) is 9.53 Å². The number of ether oxygens (including phenoxy) is 1. The Bertz CT molecular complexity index is 163. The van der Waals surface area contributed by atoms with Crippen molar-refractivity contribution in [2.24, 2.45) is 0 Å². The van der Waals surface area contributed by atoms with E-state index in [-0.39, 0.29) is 17.4 Å². The van der Waals surface area contributed by atoms with E-state index >= 15 is 0 Å². The zero-order chi connectivity index (χ0) is 11.5. The molecule has 0 rings (SSSR count). The first kappa shape index (κ1) is 15.0. The molecule has 0 saturated heterocycles. The number of carbonyl (C=O) groups is 1. The molecule has 0 aromatic rings. The molecule has 0 aliphatic heterocycles. The van der Waals surface area contributed by atoms with E-state index in [1.165, 1.54) is 19.3 Å². The standard InChI is InChI=1S/C11H20Cl2O2/c1-2-3-4-6-10(13)7-5-8-11(14)15-9-12/h10H,2-9H2,1H3. The van der Waals surface area contributed by atoms with Crippen LogP contribution in [0.4, 0.5) is 0 Å². The number of hydrogen-bond donors (Lipinski definition) is 0. The zero-order valence-corrected chi connectivity index (χ0v) is 10.8. The van der Waals surface area contributed by atoms with Gasteiger partial charge in [0.25, 0.3) is 0 Å². The van der Waals surface area contributed by atoms with E-state index in [4.69, 9.17) is 23.2 Å². The minimum Gasteiger partial charge on any atom is -0.449 e. The van der Waals surface area contributed by atoms with Gasteiger partial charge in [-0.1, -0.05) is 37.8 Å². The second kappa shape index (κ2) is 10.6. The Kier molecular flexibility index (Phi) is 10.6. The molecule has 4 heteroatoms. The van der Waals surface area contributed by atoms with Crippen LogP contribution >= 0.6 is 23.2 Å². The van der Waals surface area contributed by atoms with E-state index < -0.39 is 0 Å². The Morgan fingerprint density at radius 3 is 2.53 bits per heavy atom. The summed E-state index contributed by atoms with van der Waals surface area (Å²) in [7, 11) is 0. The molecule has 0 radical (unpaired) electrons. The molecule has 0 fully saturated rings. The Hall–Kier alpha value is 0.0500. The topological polar surface area (TPSA) is 26.3 Å². The fourth-order valence-corrected chi connectivity index (χ4v) is 1.79. The molecular weight excluding hydrogens is 235 g/mol. The third kappa shape index (κ3) is 10.3. The maximum absolute atomic E-state index is 10.9. The molecule has 0 aliphatic rings. The summed E-state index contributed by atoms with van der Waals surface area (Å²) in [5.41, 5.74) is 0. The van der Waals surface area contributed by atoms with Crippen molar-refractivity contribution in [3.63, 3.8) is 0 Å². The smallest absolute Gasteiger partial charge is 0.306 e. The second-order valence-corrected chi connectivity index (χ2v) is 4.45. The van der Waals surface area contributed by atoms with Crippen LogP contribution in [0.2, 0.25) is 0 Å². The summed E-state index contributed by atoms with van der Waals surface area (Å²) in [6.45, 7) is 2.17. The van der Waals surface area contributed by atoms with Crippen molar-refractivity contribution < 1.29 is 9.53 Å². The van der Waals surface area contributed by atoms with E-state index in [0.717, 1.165) is 19.3 Å². The number of alkyl halides is 2. The average Bonchev–Trinajstić information content (AvgIpc) is 2.18. The van der Waals surface area contributed by atoms with Gasteiger partial charge >= 0.3 is 5.97 Å². The summed E-state index contributed by atoms with van der Waals surface area (Å²) in [6, 6.07) is -0.0559. The third-order valence-electron chi connectivity index (χ3n) is 2.23. The summed E-state index contributed by atoms with van der Waals surface area (Å²) in [5.74, 6) is -0.234. The molecule has 0 N–H and O–H groups in total. The lowest BCUT2D eigenvalue weighted by Crippen LogP contribution is -2.05. The molecular formula is C11H20Cl2O2. The van der Waals surface area contributed by atoms with Gasteiger partial charge in [-0.05, 0) is 19.3 Å². The number of carbonyl (C=O) groups excluding carboxylic acids is 1. The van der Waals surface area contributed by atoms with Crippen LogP contribution in [-0.4, -0.2) is 17.4 Å². The highest BCUT2D eigenvalue weighted by Gasteiger charge is 2.07. The van der Waals surface area contributed by atoms with Crippen LogP contribution in [0.3, 0.4) is 0 Å². The lowest BCUT2D eigenvalue weighted by Gasteiger charge is -2.08. The molecule has 0 heterocycles. The third-order valence-corrected chi connectivity index (χ3v) is 2.78. The van der Waals surface area contributed by atoms with E-state index in [0.29, 0.717) is 6.42 Å². The molecule has 1 atom stereocenters. The molecule has 2 nitrogen and oxygen atoms in total. The lowest BCUT2D eigenvalue weighted by molar-refractivity contribution is -0.141. The van der Waals surface area contributed by atoms with Crippen LogP contribution < -0.4 is 0 Å². The summed E-state index contributed by atoms with van der Waals surface area (Å²) >= 11 is 11.4. The molecule has 90 valence electrons. The summed E-state index contributed by atoms with van der Waals surface area (Å²) in [6.07, 6.45) is 6.75. The van der Waals surface area contributed by atoms with Gasteiger partial charge in [-0.3, -0.25) is 4.79 Å². The minimum atomic E-state index is -0.234. The van der Waals surface area contributed by atoms with E-state index in [9.17, 15) is 4.79 Å². The lowest BCUT2D eigenvalue weighted by atomic mass is 10.1. The van der Waals surface area contributed by atoms with Crippen molar-refractivity contribution >= 4 is 29.2 Å².